The van der Waals surface area contributed by atoms with E-state index in [-0.39, 0.29) is 18.4 Å². The molecule has 0 aliphatic carbocycles. The third kappa shape index (κ3) is 4.35. The average Bonchev–Trinajstić information content (AvgIpc) is 3.14. The van der Waals surface area contributed by atoms with Gasteiger partial charge >= 0.3 is 0 Å². The van der Waals surface area contributed by atoms with Gasteiger partial charge < -0.3 is 14.4 Å². The minimum absolute atomic E-state index is 0.0132. The Bertz CT molecular complexity index is 1040. The van der Waals surface area contributed by atoms with Crippen molar-refractivity contribution < 1.29 is 9.59 Å². The van der Waals surface area contributed by atoms with Crippen molar-refractivity contribution in [1.29, 1.82) is 0 Å². The van der Waals surface area contributed by atoms with Crippen molar-refractivity contribution in [1.82, 2.24) is 24.3 Å². The number of imidazole rings is 1. The Morgan fingerprint density at radius 1 is 1.13 bits per heavy atom. The molecular formula is C23H27N5O2. The first-order chi connectivity index (χ1) is 14.5. The summed E-state index contributed by atoms with van der Waals surface area (Å²) in [5.41, 5.74) is 3.17. The molecule has 0 radical (unpaired) electrons. The van der Waals surface area contributed by atoms with E-state index in [0.29, 0.717) is 36.6 Å². The standard InChI is InChI=1S/C23H27N5O2/c1-17(2)14-28-16-25-20-12-19(13-24-22(20)28)23(30)27-11-10-26(21(29)15-27)9-8-18-6-4-3-5-7-18/h3-7,12-13,16-17H,8-11,14-15H2,1-2H3. The van der Waals surface area contributed by atoms with Crippen molar-refractivity contribution in [2.24, 2.45) is 5.92 Å². The molecule has 156 valence electrons. The molecular weight excluding hydrogens is 378 g/mol. The lowest BCUT2D eigenvalue weighted by Crippen LogP contribution is -2.52. The highest BCUT2D eigenvalue weighted by Gasteiger charge is 2.28. The molecule has 2 aromatic heterocycles. The van der Waals surface area contributed by atoms with Crippen LogP contribution >= 0.6 is 0 Å². The fourth-order valence-corrected chi connectivity index (χ4v) is 3.80. The lowest BCUT2D eigenvalue weighted by Gasteiger charge is -2.34. The first-order valence-corrected chi connectivity index (χ1v) is 10.4. The molecule has 2 amide bonds. The number of aromatic nitrogens is 3. The molecule has 4 rings (SSSR count). The summed E-state index contributed by atoms with van der Waals surface area (Å²) in [4.78, 5) is 37.8. The van der Waals surface area contributed by atoms with Gasteiger partial charge in [0.25, 0.3) is 5.91 Å². The van der Waals surface area contributed by atoms with Crippen molar-refractivity contribution in [3.63, 3.8) is 0 Å². The highest BCUT2D eigenvalue weighted by atomic mass is 16.2. The Balaban J connectivity index is 1.39. The van der Waals surface area contributed by atoms with Crippen molar-refractivity contribution >= 4 is 23.0 Å². The number of rotatable bonds is 6. The lowest BCUT2D eigenvalue weighted by molar-refractivity contribution is -0.134. The zero-order valence-corrected chi connectivity index (χ0v) is 17.5. The molecule has 7 heteroatoms. The highest BCUT2D eigenvalue weighted by molar-refractivity contribution is 5.98. The predicted octanol–water partition coefficient (Wildman–Crippen LogP) is 2.61. The Hall–Kier alpha value is -3.22. The summed E-state index contributed by atoms with van der Waals surface area (Å²) in [6, 6.07) is 11.9. The Morgan fingerprint density at radius 3 is 2.67 bits per heavy atom. The molecule has 30 heavy (non-hydrogen) atoms. The van der Waals surface area contributed by atoms with Crippen LogP contribution in [0, 0.1) is 5.92 Å². The molecule has 3 heterocycles. The van der Waals surface area contributed by atoms with E-state index in [1.54, 1.807) is 23.5 Å². The van der Waals surface area contributed by atoms with E-state index in [4.69, 9.17) is 0 Å². The SMILES string of the molecule is CC(C)Cn1cnc2cc(C(=O)N3CCN(CCc4ccccc4)C(=O)C3)cnc21. The lowest BCUT2D eigenvalue weighted by atomic mass is 10.1. The number of piperazine rings is 1. The van der Waals surface area contributed by atoms with Gasteiger partial charge in [0, 0.05) is 32.4 Å². The van der Waals surface area contributed by atoms with Gasteiger partial charge in [-0.25, -0.2) is 9.97 Å². The summed E-state index contributed by atoms with van der Waals surface area (Å²) in [6.07, 6.45) is 4.18. The molecule has 1 fully saturated rings. The maximum atomic E-state index is 12.9. The zero-order valence-electron chi connectivity index (χ0n) is 17.5. The average molecular weight is 406 g/mol. The van der Waals surface area contributed by atoms with E-state index in [0.717, 1.165) is 18.6 Å². The first-order valence-electron chi connectivity index (χ1n) is 10.4. The zero-order chi connectivity index (χ0) is 21.1. The number of amides is 2. The van der Waals surface area contributed by atoms with Crippen LogP contribution in [0.15, 0.2) is 48.9 Å². The largest absolute Gasteiger partial charge is 0.339 e. The van der Waals surface area contributed by atoms with Crippen LogP contribution < -0.4 is 0 Å². The molecule has 0 atom stereocenters. The number of hydrogen-bond donors (Lipinski definition) is 0. The van der Waals surface area contributed by atoms with Gasteiger partial charge in [0.2, 0.25) is 5.91 Å². The van der Waals surface area contributed by atoms with Crippen molar-refractivity contribution in [3.05, 3.63) is 60.0 Å². The van der Waals surface area contributed by atoms with Gasteiger partial charge in [0.1, 0.15) is 12.1 Å². The molecule has 0 saturated carbocycles. The molecule has 7 nitrogen and oxygen atoms in total. The third-order valence-electron chi connectivity index (χ3n) is 5.38. The number of carbonyl (C=O) groups excluding carboxylic acids is 2. The fourth-order valence-electron chi connectivity index (χ4n) is 3.80. The summed E-state index contributed by atoms with van der Waals surface area (Å²) in [5.74, 6) is 0.300. The highest BCUT2D eigenvalue weighted by Crippen LogP contribution is 2.16. The van der Waals surface area contributed by atoms with Gasteiger partial charge in [-0.2, -0.15) is 0 Å². The molecule has 0 spiro atoms. The summed E-state index contributed by atoms with van der Waals surface area (Å²) in [7, 11) is 0. The van der Waals surface area contributed by atoms with Crippen LogP contribution in [0.4, 0.5) is 0 Å². The molecule has 1 aliphatic rings. The number of benzene rings is 1. The second kappa shape index (κ2) is 8.65. The molecule has 3 aromatic rings. The van der Waals surface area contributed by atoms with Crippen molar-refractivity contribution in [2.75, 3.05) is 26.2 Å². The van der Waals surface area contributed by atoms with Gasteiger partial charge in [0.15, 0.2) is 5.65 Å². The minimum Gasteiger partial charge on any atom is -0.339 e. The van der Waals surface area contributed by atoms with E-state index >= 15 is 0 Å². The number of fused-ring (bicyclic) bond motifs is 1. The molecule has 1 saturated heterocycles. The van der Waals surface area contributed by atoms with E-state index in [9.17, 15) is 9.59 Å². The van der Waals surface area contributed by atoms with Gasteiger partial charge in [-0.1, -0.05) is 44.2 Å². The first kappa shape index (κ1) is 20.1. The van der Waals surface area contributed by atoms with Crippen LogP contribution in [0.1, 0.15) is 29.8 Å². The van der Waals surface area contributed by atoms with E-state index in [1.165, 1.54) is 5.56 Å². The number of carbonyl (C=O) groups is 2. The van der Waals surface area contributed by atoms with Gasteiger partial charge in [0.05, 0.1) is 11.9 Å². The Labute approximate surface area is 176 Å². The monoisotopic (exact) mass is 405 g/mol. The van der Waals surface area contributed by atoms with Crippen LogP contribution in [0.5, 0.6) is 0 Å². The maximum Gasteiger partial charge on any atom is 0.256 e. The smallest absolute Gasteiger partial charge is 0.256 e. The molecule has 0 bridgehead atoms. The van der Waals surface area contributed by atoms with E-state index in [2.05, 4.69) is 35.9 Å². The quantitative estimate of drug-likeness (QED) is 0.632. The Kier molecular flexibility index (Phi) is 5.79. The van der Waals surface area contributed by atoms with Crippen LogP contribution in [-0.2, 0) is 17.8 Å². The van der Waals surface area contributed by atoms with Crippen molar-refractivity contribution in [3.8, 4) is 0 Å². The van der Waals surface area contributed by atoms with E-state index < -0.39 is 0 Å². The topological polar surface area (TPSA) is 71.3 Å². The van der Waals surface area contributed by atoms with E-state index in [1.807, 2.05) is 27.7 Å². The number of hydrogen-bond acceptors (Lipinski definition) is 4. The second-order valence-electron chi connectivity index (χ2n) is 8.20. The summed E-state index contributed by atoms with van der Waals surface area (Å²) < 4.78 is 2.00. The normalized spacial score (nSPS) is 14.7. The number of pyridine rings is 1. The summed E-state index contributed by atoms with van der Waals surface area (Å²) >= 11 is 0. The number of nitrogens with zero attached hydrogens (tertiary/aromatic N) is 5. The Morgan fingerprint density at radius 2 is 1.93 bits per heavy atom. The van der Waals surface area contributed by atoms with Crippen molar-refractivity contribution in [2.45, 2.75) is 26.8 Å². The van der Waals surface area contributed by atoms with Crippen LogP contribution in [0.3, 0.4) is 0 Å². The third-order valence-corrected chi connectivity index (χ3v) is 5.38. The second-order valence-corrected chi connectivity index (χ2v) is 8.20. The van der Waals surface area contributed by atoms with Crippen LogP contribution in [-0.4, -0.2) is 62.3 Å². The summed E-state index contributed by atoms with van der Waals surface area (Å²) in [6.45, 7) is 6.96. The molecule has 0 N–H and O–H groups in total. The minimum atomic E-state index is -0.168. The summed E-state index contributed by atoms with van der Waals surface area (Å²) in [5, 5.41) is 0. The fraction of sp³-hybridized carbons (Fsp3) is 0.391. The maximum absolute atomic E-state index is 12.9. The predicted molar refractivity (Wildman–Crippen MR) is 115 cm³/mol. The molecule has 1 aromatic carbocycles. The van der Waals surface area contributed by atoms with Crippen LogP contribution in [0.2, 0.25) is 0 Å². The molecule has 1 aliphatic heterocycles. The van der Waals surface area contributed by atoms with Gasteiger partial charge in [-0.05, 0) is 24.0 Å². The van der Waals surface area contributed by atoms with Gasteiger partial charge in [-0.3, -0.25) is 9.59 Å². The molecule has 0 unspecified atom stereocenters. The van der Waals surface area contributed by atoms with Gasteiger partial charge in [-0.15, -0.1) is 0 Å². The van der Waals surface area contributed by atoms with Crippen LogP contribution in [0.25, 0.3) is 11.2 Å².